The van der Waals surface area contributed by atoms with Crippen molar-refractivity contribution in [1.82, 2.24) is 0 Å². The van der Waals surface area contributed by atoms with Gasteiger partial charge in [-0.3, -0.25) is 0 Å². The smallest absolute Gasteiger partial charge is 0.123 e. The van der Waals surface area contributed by atoms with Gasteiger partial charge in [-0.25, -0.2) is 4.39 Å². The van der Waals surface area contributed by atoms with Crippen molar-refractivity contribution >= 4 is 0 Å². The molecule has 0 saturated heterocycles. The summed E-state index contributed by atoms with van der Waals surface area (Å²) in [6, 6.07) is 8.89. The van der Waals surface area contributed by atoms with E-state index in [0.717, 1.165) is 12.8 Å². The molecule has 1 nitrogen and oxygen atoms in total. The number of benzene rings is 1. The second-order valence-electron chi connectivity index (χ2n) is 5.04. The summed E-state index contributed by atoms with van der Waals surface area (Å²) in [6.07, 6.45) is 12.1. The van der Waals surface area contributed by atoms with Gasteiger partial charge in [0.1, 0.15) is 5.82 Å². The van der Waals surface area contributed by atoms with Crippen molar-refractivity contribution in [1.29, 1.82) is 5.26 Å². The Kier molecular flexibility index (Phi) is 4.92. The third-order valence-electron chi connectivity index (χ3n) is 3.78. The third kappa shape index (κ3) is 4.06. The van der Waals surface area contributed by atoms with E-state index < -0.39 is 0 Å². The lowest BCUT2D eigenvalue weighted by molar-refractivity contribution is 0.375. The Hall–Kier alpha value is -1.88. The molecule has 98 valence electrons. The van der Waals surface area contributed by atoms with Gasteiger partial charge in [0.05, 0.1) is 6.07 Å². The topological polar surface area (TPSA) is 23.8 Å². The van der Waals surface area contributed by atoms with E-state index in [-0.39, 0.29) is 5.82 Å². The molecule has 0 atom stereocenters. The summed E-state index contributed by atoms with van der Waals surface area (Å²) in [4.78, 5) is 0. The van der Waals surface area contributed by atoms with Crippen LogP contribution in [0.4, 0.5) is 4.39 Å². The number of hydrogen-bond donors (Lipinski definition) is 0. The molecule has 1 aliphatic carbocycles. The lowest BCUT2D eigenvalue weighted by Crippen LogP contribution is -2.11. The minimum atomic E-state index is -0.162. The van der Waals surface area contributed by atoms with Crippen LogP contribution in [-0.2, 0) is 0 Å². The Morgan fingerprint density at radius 3 is 2.37 bits per heavy atom. The average Bonchev–Trinajstić information content (AvgIpc) is 2.45. The van der Waals surface area contributed by atoms with Crippen molar-refractivity contribution in [3.05, 3.63) is 60.0 Å². The summed E-state index contributed by atoms with van der Waals surface area (Å²) in [5, 5.41) is 8.39. The highest BCUT2D eigenvalue weighted by Crippen LogP contribution is 2.36. The van der Waals surface area contributed by atoms with E-state index in [0.29, 0.717) is 11.8 Å². The highest BCUT2D eigenvalue weighted by molar-refractivity contribution is 5.21. The summed E-state index contributed by atoms with van der Waals surface area (Å²) in [5.74, 6) is 1.02. The molecule has 0 spiro atoms. The van der Waals surface area contributed by atoms with Crippen molar-refractivity contribution in [3.8, 4) is 6.07 Å². The number of hydrogen-bond acceptors (Lipinski definition) is 1. The molecule has 0 radical (unpaired) electrons. The van der Waals surface area contributed by atoms with E-state index in [4.69, 9.17) is 5.26 Å². The van der Waals surface area contributed by atoms with Gasteiger partial charge in [-0.15, -0.1) is 0 Å². The van der Waals surface area contributed by atoms with E-state index in [1.54, 1.807) is 18.2 Å². The fraction of sp³-hybridized carbons (Fsp3) is 0.353. The van der Waals surface area contributed by atoms with Gasteiger partial charge in [-0.2, -0.15) is 5.26 Å². The van der Waals surface area contributed by atoms with Crippen LogP contribution in [0.2, 0.25) is 0 Å². The lowest BCUT2D eigenvalue weighted by Gasteiger charge is -2.27. The summed E-state index contributed by atoms with van der Waals surface area (Å²) >= 11 is 0. The van der Waals surface area contributed by atoms with Crippen molar-refractivity contribution in [2.45, 2.75) is 31.6 Å². The fourth-order valence-electron chi connectivity index (χ4n) is 2.70. The maximum Gasteiger partial charge on any atom is 0.123 e. The second-order valence-corrected chi connectivity index (χ2v) is 5.04. The highest BCUT2D eigenvalue weighted by atomic mass is 19.1. The first-order valence-corrected chi connectivity index (χ1v) is 6.78. The predicted octanol–water partition coefficient (Wildman–Crippen LogP) is 4.74. The molecule has 1 aromatic carbocycles. The van der Waals surface area contributed by atoms with Gasteiger partial charge in [0.15, 0.2) is 0 Å². The minimum Gasteiger partial charge on any atom is -0.207 e. The predicted molar refractivity (Wildman–Crippen MR) is 75.0 cm³/mol. The Balaban J connectivity index is 1.85. The molecule has 0 bridgehead atoms. The molecule has 2 heteroatoms. The first-order valence-electron chi connectivity index (χ1n) is 6.78. The zero-order valence-corrected chi connectivity index (χ0v) is 10.9. The van der Waals surface area contributed by atoms with Crippen LogP contribution in [0.5, 0.6) is 0 Å². The maximum absolute atomic E-state index is 12.9. The van der Waals surface area contributed by atoms with E-state index in [9.17, 15) is 4.39 Å². The number of halogens is 1. The number of nitriles is 1. The van der Waals surface area contributed by atoms with Crippen molar-refractivity contribution < 1.29 is 4.39 Å². The zero-order valence-electron chi connectivity index (χ0n) is 10.9. The molecule has 1 saturated carbocycles. The molecular weight excluding hydrogens is 237 g/mol. The van der Waals surface area contributed by atoms with E-state index in [1.165, 1.54) is 24.5 Å². The standard InChI is InChI=1S/C17H18FN/c18-17-11-9-16(10-12-17)15-7-5-14(6-8-15)4-2-1-3-13-19/h1-4,9-12,14-15H,5-8H2. The molecule has 19 heavy (non-hydrogen) atoms. The Bertz CT molecular complexity index is 485. The summed E-state index contributed by atoms with van der Waals surface area (Å²) < 4.78 is 12.9. The largest absolute Gasteiger partial charge is 0.207 e. The van der Waals surface area contributed by atoms with Gasteiger partial charge in [-0.05, 0) is 55.2 Å². The molecule has 0 unspecified atom stereocenters. The van der Waals surface area contributed by atoms with Gasteiger partial charge >= 0.3 is 0 Å². The first kappa shape index (κ1) is 13.5. The minimum absolute atomic E-state index is 0.162. The molecule has 0 amide bonds. The van der Waals surface area contributed by atoms with E-state index in [2.05, 4.69) is 6.08 Å². The van der Waals surface area contributed by atoms with Crippen LogP contribution < -0.4 is 0 Å². The molecule has 0 N–H and O–H groups in total. The molecule has 1 aromatic rings. The van der Waals surface area contributed by atoms with Crippen LogP contribution in [0.25, 0.3) is 0 Å². The Morgan fingerprint density at radius 1 is 1.05 bits per heavy atom. The Labute approximate surface area is 114 Å². The lowest BCUT2D eigenvalue weighted by atomic mass is 9.78. The Morgan fingerprint density at radius 2 is 1.74 bits per heavy atom. The van der Waals surface area contributed by atoms with Gasteiger partial charge in [0, 0.05) is 6.08 Å². The monoisotopic (exact) mass is 255 g/mol. The maximum atomic E-state index is 12.9. The number of allylic oxidation sites excluding steroid dienone is 4. The van der Waals surface area contributed by atoms with Crippen molar-refractivity contribution in [2.24, 2.45) is 5.92 Å². The van der Waals surface area contributed by atoms with Gasteiger partial charge < -0.3 is 0 Å². The van der Waals surface area contributed by atoms with Gasteiger partial charge in [0.25, 0.3) is 0 Å². The number of nitrogens with zero attached hydrogens (tertiary/aromatic N) is 1. The van der Waals surface area contributed by atoms with Crippen LogP contribution in [-0.4, -0.2) is 0 Å². The van der Waals surface area contributed by atoms with Crippen LogP contribution in [0, 0.1) is 23.1 Å². The molecule has 1 fully saturated rings. The van der Waals surface area contributed by atoms with Gasteiger partial charge in [-0.1, -0.05) is 30.4 Å². The molecule has 2 rings (SSSR count). The van der Waals surface area contributed by atoms with Crippen LogP contribution in [0.3, 0.4) is 0 Å². The molecular formula is C17H18FN. The highest BCUT2D eigenvalue weighted by Gasteiger charge is 2.20. The van der Waals surface area contributed by atoms with Crippen LogP contribution in [0.15, 0.2) is 48.6 Å². The quantitative estimate of drug-likeness (QED) is 0.565. The number of rotatable bonds is 3. The normalized spacial score (nSPS) is 23.8. The summed E-state index contributed by atoms with van der Waals surface area (Å²) in [6.45, 7) is 0. The molecule has 0 aromatic heterocycles. The zero-order chi connectivity index (χ0) is 13.5. The summed E-state index contributed by atoms with van der Waals surface area (Å²) in [5.41, 5.74) is 1.26. The van der Waals surface area contributed by atoms with Crippen molar-refractivity contribution in [2.75, 3.05) is 0 Å². The second kappa shape index (κ2) is 6.89. The molecule has 0 aliphatic heterocycles. The van der Waals surface area contributed by atoms with Crippen LogP contribution >= 0.6 is 0 Å². The fourth-order valence-corrected chi connectivity index (χ4v) is 2.70. The van der Waals surface area contributed by atoms with E-state index >= 15 is 0 Å². The van der Waals surface area contributed by atoms with E-state index in [1.807, 2.05) is 24.3 Å². The third-order valence-corrected chi connectivity index (χ3v) is 3.78. The summed E-state index contributed by atoms with van der Waals surface area (Å²) in [7, 11) is 0. The SMILES string of the molecule is N#CC=CC=CC1CCC(c2ccc(F)cc2)CC1. The molecule has 1 aliphatic rings. The van der Waals surface area contributed by atoms with Crippen LogP contribution in [0.1, 0.15) is 37.2 Å². The van der Waals surface area contributed by atoms with Crippen molar-refractivity contribution in [3.63, 3.8) is 0 Å². The average molecular weight is 255 g/mol. The molecule has 0 heterocycles. The first-order chi connectivity index (χ1) is 9.29. The van der Waals surface area contributed by atoms with Gasteiger partial charge in [0.2, 0.25) is 0 Å².